The van der Waals surface area contributed by atoms with Gasteiger partial charge in [0, 0.05) is 6.04 Å². The van der Waals surface area contributed by atoms with Crippen LogP contribution in [0.15, 0.2) is 12.1 Å². The van der Waals surface area contributed by atoms with Crippen LogP contribution in [0.1, 0.15) is 29.3 Å². The first-order valence-corrected chi connectivity index (χ1v) is 6.47. The molecule has 0 bridgehead atoms. The lowest BCUT2D eigenvalue weighted by molar-refractivity contribution is 0.0920. The number of benzene rings is 1. The first kappa shape index (κ1) is 13.9. The van der Waals surface area contributed by atoms with Gasteiger partial charge in [-0.25, -0.2) is 8.78 Å². The lowest BCUT2D eigenvalue weighted by atomic mass is 10.00. The summed E-state index contributed by atoms with van der Waals surface area (Å²) < 4.78 is 27.4. The van der Waals surface area contributed by atoms with Gasteiger partial charge in [0.2, 0.25) is 0 Å². The number of carbonyl (C=O) groups excluding carboxylic acids is 1. The topological polar surface area (TPSA) is 41.1 Å². The van der Waals surface area contributed by atoms with Crippen molar-refractivity contribution in [2.75, 3.05) is 13.1 Å². The molecule has 1 aromatic rings. The maximum atomic E-state index is 13.8. The maximum Gasteiger partial charge on any atom is 0.257 e. The molecule has 5 heteroatoms. The highest BCUT2D eigenvalue weighted by molar-refractivity contribution is 5.95. The Labute approximate surface area is 111 Å². The molecule has 0 saturated carbocycles. The molecule has 0 spiro atoms. The number of hydrogen-bond acceptors (Lipinski definition) is 2. The maximum absolute atomic E-state index is 13.8. The SMILES string of the molecule is Cc1ccc(F)c(C(=O)NC(C)C2CCNC2)c1F. The van der Waals surface area contributed by atoms with Crippen molar-refractivity contribution in [3.05, 3.63) is 34.9 Å². The minimum absolute atomic E-state index is 0.109. The standard InChI is InChI=1S/C14H18F2N2O/c1-8-3-4-11(15)12(13(8)16)14(19)18-9(2)10-5-6-17-7-10/h3-4,9-10,17H,5-7H2,1-2H3,(H,18,19). The lowest BCUT2D eigenvalue weighted by Crippen LogP contribution is -2.39. The average molecular weight is 268 g/mol. The van der Waals surface area contributed by atoms with Crippen LogP contribution in [0.4, 0.5) is 8.78 Å². The molecule has 0 aromatic heterocycles. The molecular weight excluding hydrogens is 250 g/mol. The van der Waals surface area contributed by atoms with Crippen LogP contribution in [-0.2, 0) is 0 Å². The molecule has 1 amide bonds. The summed E-state index contributed by atoms with van der Waals surface area (Å²) in [5.41, 5.74) is -0.223. The number of halogens is 2. The number of rotatable bonds is 3. The Bertz CT molecular complexity index is 485. The smallest absolute Gasteiger partial charge is 0.257 e. The Balaban J connectivity index is 2.13. The number of aryl methyl sites for hydroxylation is 1. The van der Waals surface area contributed by atoms with E-state index in [0.717, 1.165) is 25.6 Å². The number of nitrogens with one attached hydrogen (secondary N) is 2. The number of carbonyl (C=O) groups is 1. The number of hydrogen-bond donors (Lipinski definition) is 2. The van der Waals surface area contributed by atoms with Crippen molar-refractivity contribution in [1.29, 1.82) is 0 Å². The van der Waals surface area contributed by atoms with E-state index in [0.29, 0.717) is 5.92 Å². The summed E-state index contributed by atoms with van der Waals surface area (Å²) in [6, 6.07) is 2.34. The molecule has 1 aromatic carbocycles. The van der Waals surface area contributed by atoms with Gasteiger partial charge in [0.05, 0.1) is 0 Å². The molecule has 1 heterocycles. The average Bonchev–Trinajstić information content (AvgIpc) is 2.88. The third-order valence-electron chi connectivity index (χ3n) is 3.68. The molecule has 104 valence electrons. The van der Waals surface area contributed by atoms with Gasteiger partial charge >= 0.3 is 0 Å². The van der Waals surface area contributed by atoms with E-state index in [1.807, 2.05) is 6.92 Å². The van der Waals surface area contributed by atoms with Gasteiger partial charge in [0.15, 0.2) is 0 Å². The molecule has 3 nitrogen and oxygen atoms in total. The molecule has 2 unspecified atom stereocenters. The van der Waals surface area contributed by atoms with E-state index < -0.39 is 23.1 Å². The molecule has 2 atom stereocenters. The van der Waals surface area contributed by atoms with Gasteiger partial charge in [-0.1, -0.05) is 6.07 Å². The minimum Gasteiger partial charge on any atom is -0.349 e. The van der Waals surface area contributed by atoms with E-state index in [1.54, 1.807) is 0 Å². The van der Waals surface area contributed by atoms with Crippen LogP contribution in [0, 0.1) is 24.5 Å². The zero-order chi connectivity index (χ0) is 14.0. The van der Waals surface area contributed by atoms with Crippen molar-refractivity contribution in [3.63, 3.8) is 0 Å². The van der Waals surface area contributed by atoms with Gasteiger partial charge in [0.25, 0.3) is 5.91 Å². The van der Waals surface area contributed by atoms with Crippen molar-refractivity contribution < 1.29 is 13.6 Å². The Kier molecular flexibility index (Phi) is 4.14. The van der Waals surface area contributed by atoms with Gasteiger partial charge in [-0.2, -0.15) is 0 Å². The van der Waals surface area contributed by atoms with Crippen LogP contribution in [0.3, 0.4) is 0 Å². The quantitative estimate of drug-likeness (QED) is 0.880. The van der Waals surface area contributed by atoms with Gasteiger partial charge < -0.3 is 10.6 Å². The fraction of sp³-hybridized carbons (Fsp3) is 0.500. The summed E-state index contributed by atoms with van der Waals surface area (Å²) in [5.74, 6) is -1.98. The van der Waals surface area contributed by atoms with Gasteiger partial charge in [0.1, 0.15) is 17.2 Å². The molecule has 19 heavy (non-hydrogen) atoms. The molecular formula is C14H18F2N2O. The highest BCUT2D eigenvalue weighted by Gasteiger charge is 2.25. The summed E-state index contributed by atoms with van der Waals surface area (Å²) in [7, 11) is 0. The highest BCUT2D eigenvalue weighted by atomic mass is 19.1. The lowest BCUT2D eigenvalue weighted by Gasteiger charge is -2.20. The summed E-state index contributed by atoms with van der Waals surface area (Å²) in [4.78, 5) is 12.0. The van der Waals surface area contributed by atoms with Crippen LogP contribution in [0.2, 0.25) is 0 Å². The summed E-state index contributed by atoms with van der Waals surface area (Å²) in [6.07, 6.45) is 0.959. The first-order chi connectivity index (χ1) is 9.00. The van der Waals surface area contributed by atoms with Crippen molar-refractivity contribution >= 4 is 5.91 Å². The van der Waals surface area contributed by atoms with E-state index in [9.17, 15) is 13.6 Å². The van der Waals surface area contributed by atoms with Crippen LogP contribution in [0.5, 0.6) is 0 Å². The normalized spacial score (nSPS) is 20.3. The molecule has 0 aliphatic carbocycles. The fourth-order valence-corrected chi connectivity index (χ4v) is 2.37. The molecule has 1 aliphatic rings. The summed E-state index contributed by atoms with van der Waals surface area (Å²) in [6.45, 7) is 5.11. The molecule has 2 rings (SSSR count). The second-order valence-corrected chi connectivity index (χ2v) is 5.07. The van der Waals surface area contributed by atoms with E-state index in [1.165, 1.54) is 13.0 Å². The second-order valence-electron chi connectivity index (χ2n) is 5.07. The predicted octanol–water partition coefficient (Wildman–Crippen LogP) is 2.00. The van der Waals surface area contributed by atoms with E-state index >= 15 is 0 Å². The van der Waals surface area contributed by atoms with Gasteiger partial charge in [-0.15, -0.1) is 0 Å². The van der Waals surface area contributed by atoms with Crippen LogP contribution >= 0.6 is 0 Å². The Morgan fingerprint density at radius 1 is 1.47 bits per heavy atom. The highest BCUT2D eigenvalue weighted by Crippen LogP contribution is 2.18. The van der Waals surface area contributed by atoms with Gasteiger partial charge in [-0.3, -0.25) is 4.79 Å². The largest absolute Gasteiger partial charge is 0.349 e. The molecule has 2 N–H and O–H groups in total. The molecule has 1 saturated heterocycles. The summed E-state index contributed by atoms with van der Waals surface area (Å²) >= 11 is 0. The third kappa shape index (κ3) is 2.92. The van der Waals surface area contributed by atoms with Crippen molar-refractivity contribution in [2.24, 2.45) is 5.92 Å². The van der Waals surface area contributed by atoms with Crippen LogP contribution in [0.25, 0.3) is 0 Å². The monoisotopic (exact) mass is 268 g/mol. The van der Waals surface area contributed by atoms with Gasteiger partial charge in [-0.05, 0) is 50.9 Å². The third-order valence-corrected chi connectivity index (χ3v) is 3.68. The zero-order valence-corrected chi connectivity index (χ0v) is 11.1. The summed E-state index contributed by atoms with van der Waals surface area (Å²) in [5, 5.41) is 5.89. The van der Waals surface area contributed by atoms with E-state index in [-0.39, 0.29) is 11.6 Å². The molecule has 0 radical (unpaired) electrons. The second kappa shape index (κ2) is 5.65. The Morgan fingerprint density at radius 2 is 2.21 bits per heavy atom. The zero-order valence-electron chi connectivity index (χ0n) is 11.1. The van der Waals surface area contributed by atoms with Crippen molar-refractivity contribution in [1.82, 2.24) is 10.6 Å². The minimum atomic E-state index is -0.822. The predicted molar refractivity (Wildman–Crippen MR) is 69.0 cm³/mol. The Morgan fingerprint density at radius 3 is 2.84 bits per heavy atom. The van der Waals surface area contributed by atoms with Crippen LogP contribution in [-0.4, -0.2) is 25.0 Å². The first-order valence-electron chi connectivity index (χ1n) is 6.47. The molecule has 1 fully saturated rings. The van der Waals surface area contributed by atoms with Crippen LogP contribution < -0.4 is 10.6 Å². The van der Waals surface area contributed by atoms with E-state index in [2.05, 4.69) is 10.6 Å². The fourth-order valence-electron chi connectivity index (χ4n) is 2.37. The molecule has 1 aliphatic heterocycles. The number of amides is 1. The Hall–Kier alpha value is -1.49. The van der Waals surface area contributed by atoms with Crippen molar-refractivity contribution in [3.8, 4) is 0 Å². The van der Waals surface area contributed by atoms with E-state index in [4.69, 9.17) is 0 Å². The van der Waals surface area contributed by atoms with Crippen molar-refractivity contribution in [2.45, 2.75) is 26.3 Å².